The first-order valence-electron chi connectivity index (χ1n) is 5.51. The van der Waals surface area contributed by atoms with E-state index in [1.54, 1.807) is 6.07 Å². The Labute approximate surface area is 112 Å². The van der Waals surface area contributed by atoms with Crippen molar-refractivity contribution in [3.63, 3.8) is 0 Å². The third-order valence-corrected chi connectivity index (χ3v) is 3.38. The first kappa shape index (κ1) is 13.9. The molecule has 0 spiro atoms. The summed E-state index contributed by atoms with van der Waals surface area (Å²) >= 11 is 1.44. The first-order valence-corrected chi connectivity index (χ1v) is 6.39. The van der Waals surface area contributed by atoms with Crippen molar-refractivity contribution in [3.8, 4) is 5.75 Å². The van der Waals surface area contributed by atoms with Crippen molar-refractivity contribution >= 4 is 11.3 Å². The minimum atomic E-state index is -4.77. The number of hydrogen-bond donors (Lipinski definition) is 1. The Morgan fingerprint density at radius 1 is 1.16 bits per heavy atom. The van der Waals surface area contributed by atoms with Gasteiger partial charge in [-0.25, -0.2) is 0 Å². The lowest BCUT2D eigenvalue weighted by molar-refractivity contribution is -0.275. The van der Waals surface area contributed by atoms with Crippen LogP contribution in [-0.2, 0) is 6.42 Å². The molecule has 1 heterocycles. The Morgan fingerprint density at radius 2 is 1.89 bits per heavy atom. The van der Waals surface area contributed by atoms with Crippen LogP contribution < -0.4 is 4.74 Å². The van der Waals surface area contributed by atoms with E-state index in [2.05, 4.69) is 4.74 Å². The maximum atomic E-state index is 12.3. The van der Waals surface area contributed by atoms with Crippen LogP contribution >= 0.6 is 11.3 Å². The Balaban J connectivity index is 2.19. The molecule has 0 fully saturated rings. The summed E-state index contributed by atoms with van der Waals surface area (Å²) in [6.45, 7) is 0. The van der Waals surface area contributed by atoms with E-state index in [-0.39, 0.29) is 17.7 Å². The summed E-state index contributed by atoms with van der Waals surface area (Å²) in [4.78, 5) is 0.898. The third kappa shape index (κ3) is 3.97. The summed E-state index contributed by atoms with van der Waals surface area (Å²) in [5.74, 6) is -0.362. The maximum absolute atomic E-state index is 12.3. The standard InChI is InChI=1S/C13H11F3O2S/c14-13(15,16)18-12-6-2-1-5-10(12)11(17)8-9-4-3-7-19-9/h1-7,11,17H,8H2. The number of hydrogen-bond acceptors (Lipinski definition) is 3. The number of para-hydroxylation sites is 1. The molecule has 0 aliphatic carbocycles. The molecule has 0 radical (unpaired) electrons. The van der Waals surface area contributed by atoms with Gasteiger partial charge in [0.05, 0.1) is 6.10 Å². The second kappa shape index (κ2) is 5.63. The van der Waals surface area contributed by atoms with E-state index >= 15 is 0 Å². The zero-order valence-corrected chi connectivity index (χ0v) is 10.5. The van der Waals surface area contributed by atoms with Gasteiger partial charge < -0.3 is 9.84 Å². The summed E-state index contributed by atoms with van der Waals surface area (Å²) in [6, 6.07) is 9.27. The molecule has 6 heteroatoms. The average Bonchev–Trinajstić information content (AvgIpc) is 2.80. The average molecular weight is 288 g/mol. The van der Waals surface area contributed by atoms with Gasteiger partial charge in [-0.2, -0.15) is 0 Å². The molecule has 1 unspecified atom stereocenters. The minimum absolute atomic E-state index is 0.133. The predicted octanol–water partition coefficient (Wildman–Crippen LogP) is 3.92. The van der Waals surface area contributed by atoms with Gasteiger partial charge in [-0.15, -0.1) is 24.5 Å². The Morgan fingerprint density at radius 3 is 2.53 bits per heavy atom. The molecule has 1 atom stereocenters. The topological polar surface area (TPSA) is 29.5 Å². The smallest absolute Gasteiger partial charge is 0.405 e. The lowest BCUT2D eigenvalue weighted by Crippen LogP contribution is -2.19. The molecule has 0 aliphatic rings. The Hall–Kier alpha value is -1.53. The molecular formula is C13H11F3O2S. The van der Waals surface area contributed by atoms with Gasteiger partial charge in [-0.1, -0.05) is 24.3 Å². The van der Waals surface area contributed by atoms with Crippen LogP contribution in [0, 0.1) is 0 Å². The fourth-order valence-electron chi connectivity index (χ4n) is 1.70. The molecule has 1 N–H and O–H groups in total. The predicted molar refractivity (Wildman–Crippen MR) is 66.1 cm³/mol. The first-order chi connectivity index (χ1) is 8.96. The zero-order valence-electron chi connectivity index (χ0n) is 9.72. The van der Waals surface area contributed by atoms with Gasteiger partial charge in [0.25, 0.3) is 0 Å². The molecule has 2 nitrogen and oxygen atoms in total. The number of thiophene rings is 1. The maximum Gasteiger partial charge on any atom is 0.573 e. The van der Waals surface area contributed by atoms with E-state index in [1.165, 1.54) is 29.5 Å². The highest BCUT2D eigenvalue weighted by Gasteiger charge is 2.32. The van der Waals surface area contributed by atoms with Crippen LogP contribution in [0.2, 0.25) is 0 Å². The lowest BCUT2D eigenvalue weighted by Gasteiger charge is -2.16. The van der Waals surface area contributed by atoms with E-state index in [1.807, 2.05) is 17.5 Å². The molecule has 2 aromatic rings. The Kier molecular flexibility index (Phi) is 4.11. The van der Waals surface area contributed by atoms with E-state index in [9.17, 15) is 18.3 Å². The fraction of sp³-hybridized carbons (Fsp3) is 0.231. The molecule has 0 bridgehead atoms. The Bertz CT molecular complexity index is 523. The van der Waals surface area contributed by atoms with E-state index in [0.29, 0.717) is 0 Å². The van der Waals surface area contributed by atoms with Crippen LogP contribution in [-0.4, -0.2) is 11.5 Å². The summed E-state index contributed by atoms with van der Waals surface area (Å²) in [7, 11) is 0. The third-order valence-electron chi connectivity index (χ3n) is 2.48. The van der Waals surface area contributed by atoms with Gasteiger partial charge >= 0.3 is 6.36 Å². The van der Waals surface area contributed by atoms with Crippen LogP contribution in [0.5, 0.6) is 5.75 Å². The summed E-state index contributed by atoms with van der Waals surface area (Å²) in [6.07, 6.45) is -5.54. The van der Waals surface area contributed by atoms with Gasteiger partial charge in [0.15, 0.2) is 0 Å². The highest BCUT2D eigenvalue weighted by molar-refractivity contribution is 7.09. The monoisotopic (exact) mass is 288 g/mol. The number of rotatable bonds is 4. The lowest BCUT2D eigenvalue weighted by atomic mass is 10.0. The van der Waals surface area contributed by atoms with Crippen LogP contribution in [0.1, 0.15) is 16.5 Å². The van der Waals surface area contributed by atoms with E-state index in [4.69, 9.17) is 0 Å². The molecule has 0 saturated heterocycles. The molecule has 1 aromatic carbocycles. The fourth-order valence-corrected chi connectivity index (χ4v) is 2.45. The normalized spacial score (nSPS) is 13.3. The number of aliphatic hydroxyl groups excluding tert-OH is 1. The highest BCUT2D eigenvalue weighted by atomic mass is 32.1. The summed E-state index contributed by atoms with van der Waals surface area (Å²) in [5.41, 5.74) is 0.133. The molecule has 102 valence electrons. The number of ether oxygens (including phenoxy) is 1. The summed E-state index contributed by atoms with van der Waals surface area (Å²) in [5, 5.41) is 11.9. The van der Waals surface area contributed by atoms with Crippen molar-refractivity contribution in [3.05, 3.63) is 52.2 Å². The van der Waals surface area contributed by atoms with Gasteiger partial charge in [-0.05, 0) is 17.5 Å². The molecular weight excluding hydrogens is 277 g/mol. The van der Waals surface area contributed by atoms with E-state index in [0.717, 1.165) is 4.88 Å². The molecule has 0 saturated carbocycles. The van der Waals surface area contributed by atoms with Crippen molar-refractivity contribution in [2.75, 3.05) is 0 Å². The van der Waals surface area contributed by atoms with Crippen LogP contribution in [0.25, 0.3) is 0 Å². The second-order valence-corrected chi connectivity index (χ2v) is 4.92. The molecule has 0 amide bonds. The van der Waals surface area contributed by atoms with Gasteiger partial charge in [-0.3, -0.25) is 0 Å². The zero-order chi connectivity index (χ0) is 13.9. The number of aliphatic hydroxyl groups is 1. The van der Waals surface area contributed by atoms with Gasteiger partial charge in [0.2, 0.25) is 0 Å². The molecule has 19 heavy (non-hydrogen) atoms. The SMILES string of the molecule is OC(Cc1cccs1)c1ccccc1OC(F)(F)F. The van der Waals surface area contributed by atoms with E-state index < -0.39 is 12.5 Å². The van der Waals surface area contributed by atoms with Crippen molar-refractivity contribution in [2.45, 2.75) is 18.9 Å². The number of halogens is 3. The highest BCUT2D eigenvalue weighted by Crippen LogP contribution is 2.32. The summed E-state index contributed by atoms with van der Waals surface area (Å²) < 4.78 is 40.7. The van der Waals surface area contributed by atoms with Gasteiger partial charge in [0.1, 0.15) is 5.75 Å². The number of alkyl halides is 3. The van der Waals surface area contributed by atoms with Crippen LogP contribution in [0.4, 0.5) is 13.2 Å². The molecule has 1 aromatic heterocycles. The number of benzene rings is 1. The largest absolute Gasteiger partial charge is 0.573 e. The van der Waals surface area contributed by atoms with Crippen molar-refractivity contribution < 1.29 is 23.0 Å². The molecule has 0 aliphatic heterocycles. The van der Waals surface area contributed by atoms with Crippen LogP contribution in [0.15, 0.2) is 41.8 Å². The second-order valence-electron chi connectivity index (χ2n) is 3.88. The van der Waals surface area contributed by atoms with Crippen molar-refractivity contribution in [1.29, 1.82) is 0 Å². The minimum Gasteiger partial charge on any atom is -0.405 e. The van der Waals surface area contributed by atoms with Crippen LogP contribution in [0.3, 0.4) is 0 Å². The van der Waals surface area contributed by atoms with Gasteiger partial charge in [0, 0.05) is 16.9 Å². The quantitative estimate of drug-likeness (QED) is 0.924. The van der Waals surface area contributed by atoms with Crippen molar-refractivity contribution in [1.82, 2.24) is 0 Å². The van der Waals surface area contributed by atoms with Crippen molar-refractivity contribution in [2.24, 2.45) is 0 Å². The molecule has 2 rings (SSSR count).